The van der Waals surface area contributed by atoms with E-state index in [1.807, 2.05) is 114 Å². The van der Waals surface area contributed by atoms with Crippen molar-refractivity contribution in [2.75, 3.05) is 236 Å². The number of morpholine rings is 6. The van der Waals surface area contributed by atoms with Crippen molar-refractivity contribution < 1.29 is 59.1 Å². The summed E-state index contributed by atoms with van der Waals surface area (Å²) >= 11 is 0. The van der Waals surface area contributed by atoms with Crippen molar-refractivity contribution in [3.05, 3.63) is 173 Å². The molecule has 6 N–H and O–H groups in total. The van der Waals surface area contributed by atoms with E-state index in [0.29, 0.717) is 197 Å². The average Bonchev–Trinajstić information content (AvgIpc) is 0.862. The van der Waals surface area contributed by atoms with E-state index in [4.69, 9.17) is 58.4 Å². The number of phenolic OH excluding ortho intramolecular Hbond substituents is 6. The van der Waals surface area contributed by atoms with Crippen LogP contribution in [0.2, 0.25) is 0 Å². The molecule has 6 saturated heterocycles. The summed E-state index contributed by atoms with van der Waals surface area (Å²) < 4.78 is 33.0. The lowest BCUT2D eigenvalue weighted by Gasteiger charge is -2.27. The number of hydrogen-bond acceptors (Lipinski definition) is 26. The van der Waals surface area contributed by atoms with Crippen molar-refractivity contribution in [1.82, 2.24) is 39.2 Å². The van der Waals surface area contributed by atoms with Gasteiger partial charge in [-0.2, -0.15) is 0 Å². The minimum absolute atomic E-state index is 0.279. The van der Waals surface area contributed by atoms with Gasteiger partial charge in [-0.25, -0.2) is 0 Å². The normalized spacial score (nSPS) is 17.8. The number of ether oxygens (including phenoxy) is 6. The maximum atomic E-state index is 11.2. The molecule has 0 unspecified atom stereocenters. The number of benzene rings is 6. The minimum Gasteiger partial charge on any atom is -0.507 e. The Bertz CT molecular complexity index is 3580. The largest absolute Gasteiger partial charge is 0.507 e. The first-order valence-corrected chi connectivity index (χ1v) is 41.6. The minimum atomic E-state index is 0.279. The molecule has 0 atom stereocenters. The zero-order valence-electron chi connectivity index (χ0n) is 69.5. The Kier molecular flexibility index (Phi) is 35.6. The molecule has 628 valence electrons. The summed E-state index contributed by atoms with van der Waals surface area (Å²) in [5, 5.41) is 66.9. The van der Waals surface area contributed by atoms with Gasteiger partial charge in [-0.05, 0) is 111 Å². The fraction of sp³-hybridized carbons (Fsp3) is 0.533. The molecule has 6 heterocycles. The van der Waals surface area contributed by atoms with Crippen LogP contribution in [0.3, 0.4) is 0 Å². The molecule has 0 spiro atoms. The molecular formula is C90H126N14O12. The fourth-order valence-corrected chi connectivity index (χ4v) is 15.5. The Morgan fingerprint density at radius 1 is 0.241 bits per heavy atom. The molecule has 6 fully saturated rings. The molecule has 26 nitrogen and oxygen atoms in total. The first-order chi connectivity index (χ1) is 56.4. The van der Waals surface area contributed by atoms with Gasteiger partial charge >= 0.3 is 0 Å². The summed E-state index contributed by atoms with van der Waals surface area (Å²) in [6, 6.07) is 24.1. The Morgan fingerprint density at radius 3 is 0.517 bits per heavy atom. The third-order valence-electron chi connectivity index (χ3n) is 21.8. The maximum absolute atomic E-state index is 11.2. The predicted octanol–water partition coefficient (Wildman–Crippen LogP) is 8.37. The molecule has 0 saturated carbocycles. The first-order valence-electron chi connectivity index (χ1n) is 41.6. The number of aliphatic imine (C=N–C) groups is 6. The predicted molar refractivity (Wildman–Crippen MR) is 461 cm³/mol. The molecule has 0 amide bonds. The van der Waals surface area contributed by atoms with Crippen molar-refractivity contribution in [2.45, 2.75) is 80.8 Å². The molecule has 0 aromatic heterocycles. The van der Waals surface area contributed by atoms with Crippen LogP contribution in [0.1, 0.15) is 100 Å². The molecule has 0 bridgehead atoms. The van der Waals surface area contributed by atoms with Crippen LogP contribution >= 0.6 is 0 Å². The van der Waals surface area contributed by atoms with Gasteiger partial charge in [0.05, 0.1) is 119 Å². The highest BCUT2D eigenvalue weighted by Gasteiger charge is 2.23. The Balaban J connectivity index is 0.000000228. The Labute approximate surface area is 686 Å². The molecule has 6 aromatic carbocycles. The summed E-state index contributed by atoms with van der Waals surface area (Å²) in [6.07, 6.45) is 10.7. The van der Waals surface area contributed by atoms with Crippen LogP contribution in [0.25, 0.3) is 0 Å². The van der Waals surface area contributed by atoms with E-state index in [0.717, 1.165) is 179 Å². The lowest BCUT2D eigenvalue weighted by Crippen LogP contribution is -2.35. The smallest absolute Gasteiger partial charge is 0.128 e. The van der Waals surface area contributed by atoms with Gasteiger partial charge in [-0.1, -0.05) is 36.4 Å². The van der Waals surface area contributed by atoms with E-state index < -0.39 is 0 Å². The topological polar surface area (TPSA) is 277 Å². The quantitative estimate of drug-likeness (QED) is 0.0202. The van der Waals surface area contributed by atoms with Crippen LogP contribution in [0.4, 0.5) is 0 Å². The molecule has 0 radical (unpaired) electrons. The van der Waals surface area contributed by atoms with Crippen molar-refractivity contribution in [1.29, 1.82) is 0 Å². The summed E-state index contributed by atoms with van der Waals surface area (Å²) in [5.41, 5.74) is 16.3. The molecular weight excluding hydrogens is 1470 g/mol. The molecule has 0 aliphatic carbocycles. The zero-order valence-corrected chi connectivity index (χ0v) is 69.5. The average molecular weight is 1600 g/mol. The van der Waals surface area contributed by atoms with Gasteiger partial charge in [-0.15, -0.1) is 0 Å². The second kappa shape index (κ2) is 46.7. The van der Waals surface area contributed by atoms with E-state index in [-0.39, 0.29) is 34.5 Å². The van der Waals surface area contributed by atoms with E-state index in [2.05, 4.69) is 39.2 Å². The standard InChI is InChI=1S/2C45H63N7O6/c2*1-34-22-37(43(53)40(25-34)31-50-10-16-56-17-11-50)28-46-4-7-49(8-5-47-29-38-23-35(2)26-41(44(38)54)32-51-12-18-57-19-13-51)9-6-48-30-39-24-36(3)27-42(45(39)55)33-52-14-20-58-21-15-52/h2*22-30,53-55H,4-21,31-33H2,1-3H3. The number of aryl methyl sites for hydroxylation is 6. The fourth-order valence-electron chi connectivity index (χ4n) is 15.5. The van der Waals surface area contributed by atoms with Gasteiger partial charge in [0.15, 0.2) is 0 Å². The van der Waals surface area contributed by atoms with Crippen LogP contribution < -0.4 is 0 Å². The lowest BCUT2D eigenvalue weighted by molar-refractivity contribution is 0.0338. The van der Waals surface area contributed by atoms with E-state index >= 15 is 0 Å². The van der Waals surface area contributed by atoms with Crippen LogP contribution in [0.15, 0.2) is 103 Å². The molecule has 116 heavy (non-hydrogen) atoms. The second-order valence-corrected chi connectivity index (χ2v) is 31.4. The highest BCUT2D eigenvalue weighted by atomic mass is 16.5. The van der Waals surface area contributed by atoms with Crippen LogP contribution in [-0.2, 0) is 67.7 Å². The third-order valence-corrected chi connectivity index (χ3v) is 21.8. The van der Waals surface area contributed by atoms with Gasteiger partial charge < -0.3 is 59.1 Å². The summed E-state index contributed by atoms with van der Waals surface area (Å²) in [6.45, 7) is 42.4. The number of nitrogens with zero attached hydrogens (tertiary/aromatic N) is 14. The van der Waals surface area contributed by atoms with E-state index in [1.165, 1.54) is 0 Å². The maximum Gasteiger partial charge on any atom is 0.128 e. The van der Waals surface area contributed by atoms with Crippen LogP contribution in [-0.4, -0.2) is 343 Å². The molecule has 12 rings (SSSR count). The van der Waals surface area contributed by atoms with Gasteiger partial charge in [0.2, 0.25) is 0 Å². The van der Waals surface area contributed by atoms with Crippen LogP contribution in [0.5, 0.6) is 34.5 Å². The summed E-state index contributed by atoms with van der Waals surface area (Å²) in [4.78, 5) is 46.9. The van der Waals surface area contributed by atoms with Gasteiger partial charge in [-0.3, -0.25) is 69.2 Å². The van der Waals surface area contributed by atoms with Gasteiger partial charge in [0.25, 0.3) is 0 Å². The summed E-state index contributed by atoms with van der Waals surface area (Å²) in [5.74, 6) is 1.67. The SMILES string of the molecule is Cc1cc(C=NCCN(CCN=Cc2cc(C)cc(CN3CCOCC3)c2O)CCN=Cc2cc(C)cc(CN3CCOCC3)c2O)c(O)c(CN2CCOCC2)c1.Cc1cc(C=NCCN(CCN=Cc2cc(C)cc(CN3CCOCC3)c2O)CCN=Cc2cc(C)cc(CN3CCOCC3)c2O)c(O)c(CN2CCOCC2)c1. The van der Waals surface area contributed by atoms with E-state index in [9.17, 15) is 30.6 Å². The van der Waals surface area contributed by atoms with Crippen molar-refractivity contribution >= 4 is 37.3 Å². The van der Waals surface area contributed by atoms with Gasteiger partial charge in [0.1, 0.15) is 34.5 Å². The third kappa shape index (κ3) is 28.4. The first kappa shape index (κ1) is 88.4. The number of phenols is 6. The Morgan fingerprint density at radius 2 is 0.379 bits per heavy atom. The number of aromatic hydroxyl groups is 6. The zero-order chi connectivity index (χ0) is 81.4. The van der Waals surface area contributed by atoms with E-state index in [1.54, 1.807) is 37.3 Å². The highest BCUT2D eigenvalue weighted by molar-refractivity contribution is 5.88. The monoisotopic (exact) mass is 1590 g/mol. The second-order valence-electron chi connectivity index (χ2n) is 31.4. The lowest BCUT2D eigenvalue weighted by atomic mass is 10.0. The highest BCUT2D eigenvalue weighted by Crippen LogP contribution is 2.32. The Hall–Kier alpha value is -8.42. The van der Waals surface area contributed by atoms with Crippen molar-refractivity contribution in [3.8, 4) is 34.5 Å². The number of hydrogen-bond donors (Lipinski definition) is 6. The summed E-state index contributed by atoms with van der Waals surface area (Å²) in [7, 11) is 0. The van der Waals surface area contributed by atoms with Crippen LogP contribution in [0, 0.1) is 41.5 Å². The van der Waals surface area contributed by atoms with Crippen molar-refractivity contribution in [3.63, 3.8) is 0 Å². The molecule has 6 aliphatic heterocycles. The molecule has 6 aliphatic rings. The molecule has 26 heteroatoms. The molecule has 6 aromatic rings. The van der Waals surface area contributed by atoms with Crippen molar-refractivity contribution in [2.24, 2.45) is 30.0 Å². The number of rotatable bonds is 36. The van der Waals surface area contributed by atoms with Gasteiger partial charge in [0, 0.05) is 261 Å².